The standard InChI is InChI=1S/C22H21N5O/c28-22(17-8-2-1-7-16(17)21-23-11-12-24-21)27-13-5-6-15(14-27)20-25-18-9-3-4-10-19(18)26-20/h1-4,7-12,15H,5-6,13-14H2,(H,23,24)(H,25,26)/t15-/m1/s1. The molecule has 0 spiro atoms. The van der Waals surface area contributed by atoms with Crippen LogP contribution in [0.5, 0.6) is 0 Å². The van der Waals surface area contributed by atoms with Crippen LogP contribution in [0.2, 0.25) is 0 Å². The summed E-state index contributed by atoms with van der Waals surface area (Å²) in [6.07, 6.45) is 5.48. The number of imidazole rings is 2. The molecule has 6 nitrogen and oxygen atoms in total. The molecule has 3 heterocycles. The number of aromatic amines is 2. The summed E-state index contributed by atoms with van der Waals surface area (Å²) in [6, 6.07) is 15.7. The van der Waals surface area contributed by atoms with Gasteiger partial charge >= 0.3 is 0 Å². The molecular formula is C22H21N5O. The number of nitrogens with zero attached hydrogens (tertiary/aromatic N) is 3. The summed E-state index contributed by atoms with van der Waals surface area (Å²) in [7, 11) is 0. The van der Waals surface area contributed by atoms with Crippen LogP contribution in [-0.2, 0) is 0 Å². The number of amides is 1. The van der Waals surface area contributed by atoms with Crippen LogP contribution in [0.15, 0.2) is 60.9 Å². The third-order valence-electron chi connectivity index (χ3n) is 5.41. The first-order valence-corrected chi connectivity index (χ1v) is 9.62. The minimum atomic E-state index is 0.0489. The molecule has 0 aliphatic carbocycles. The molecule has 5 rings (SSSR count). The van der Waals surface area contributed by atoms with Crippen LogP contribution < -0.4 is 0 Å². The predicted octanol–water partition coefficient (Wildman–Crippen LogP) is 3.97. The van der Waals surface area contributed by atoms with Crippen molar-refractivity contribution in [1.82, 2.24) is 24.8 Å². The predicted molar refractivity (Wildman–Crippen MR) is 108 cm³/mol. The molecule has 6 heteroatoms. The summed E-state index contributed by atoms with van der Waals surface area (Å²) in [5, 5.41) is 0. The minimum absolute atomic E-state index is 0.0489. The molecule has 140 valence electrons. The smallest absolute Gasteiger partial charge is 0.254 e. The van der Waals surface area contributed by atoms with Gasteiger partial charge in [0.1, 0.15) is 11.6 Å². The lowest BCUT2D eigenvalue weighted by atomic mass is 9.96. The fraction of sp³-hybridized carbons (Fsp3) is 0.227. The van der Waals surface area contributed by atoms with Crippen LogP contribution in [0.1, 0.15) is 34.9 Å². The third-order valence-corrected chi connectivity index (χ3v) is 5.41. The summed E-state index contributed by atoms with van der Waals surface area (Å²) in [5.41, 5.74) is 3.54. The fourth-order valence-corrected chi connectivity index (χ4v) is 4.01. The molecule has 0 unspecified atom stereocenters. The Labute approximate surface area is 162 Å². The Kier molecular flexibility index (Phi) is 4.16. The van der Waals surface area contributed by atoms with Gasteiger partial charge in [-0.05, 0) is 31.0 Å². The number of fused-ring (bicyclic) bond motifs is 1. The van der Waals surface area contributed by atoms with Gasteiger partial charge in [-0.15, -0.1) is 0 Å². The zero-order valence-corrected chi connectivity index (χ0v) is 15.4. The lowest BCUT2D eigenvalue weighted by molar-refractivity contribution is 0.0705. The van der Waals surface area contributed by atoms with Gasteiger partial charge in [0.15, 0.2) is 0 Å². The number of hydrogen-bond donors (Lipinski definition) is 2. The molecule has 1 fully saturated rings. The van der Waals surface area contributed by atoms with Crippen LogP contribution in [0.25, 0.3) is 22.4 Å². The molecule has 1 aliphatic heterocycles. The van der Waals surface area contributed by atoms with E-state index in [1.165, 1.54) is 0 Å². The normalized spacial score (nSPS) is 17.1. The summed E-state index contributed by atoms with van der Waals surface area (Å²) in [4.78, 5) is 30.9. The molecule has 1 amide bonds. The molecular weight excluding hydrogens is 350 g/mol. The Hall–Kier alpha value is -3.41. The number of benzene rings is 2. The summed E-state index contributed by atoms with van der Waals surface area (Å²) < 4.78 is 0. The highest BCUT2D eigenvalue weighted by Gasteiger charge is 2.28. The highest BCUT2D eigenvalue weighted by molar-refractivity contribution is 6.00. The molecule has 28 heavy (non-hydrogen) atoms. The number of nitrogens with one attached hydrogen (secondary N) is 2. The van der Waals surface area contributed by atoms with Gasteiger partial charge in [-0.2, -0.15) is 0 Å². The largest absolute Gasteiger partial charge is 0.345 e. The van der Waals surface area contributed by atoms with Gasteiger partial charge in [0.25, 0.3) is 5.91 Å². The molecule has 2 N–H and O–H groups in total. The van der Waals surface area contributed by atoms with E-state index in [9.17, 15) is 4.79 Å². The highest BCUT2D eigenvalue weighted by atomic mass is 16.2. The average molecular weight is 371 g/mol. The first-order chi connectivity index (χ1) is 13.8. The lowest BCUT2D eigenvalue weighted by Gasteiger charge is -2.32. The Morgan fingerprint density at radius 1 is 1.11 bits per heavy atom. The second kappa shape index (κ2) is 6.96. The van der Waals surface area contributed by atoms with Gasteiger partial charge < -0.3 is 14.9 Å². The van der Waals surface area contributed by atoms with Crippen LogP contribution in [-0.4, -0.2) is 43.8 Å². The second-order valence-electron chi connectivity index (χ2n) is 7.21. The zero-order valence-electron chi connectivity index (χ0n) is 15.4. The maximum absolute atomic E-state index is 13.3. The maximum atomic E-state index is 13.3. The van der Waals surface area contributed by atoms with Crippen molar-refractivity contribution in [3.63, 3.8) is 0 Å². The van der Waals surface area contributed by atoms with Gasteiger partial charge in [0.2, 0.25) is 0 Å². The third kappa shape index (κ3) is 2.97. The van der Waals surface area contributed by atoms with Gasteiger partial charge in [-0.25, -0.2) is 9.97 Å². The number of likely N-dealkylation sites (tertiary alicyclic amines) is 1. The molecule has 4 aromatic rings. The lowest BCUT2D eigenvalue weighted by Crippen LogP contribution is -2.39. The molecule has 0 bridgehead atoms. The first-order valence-electron chi connectivity index (χ1n) is 9.62. The molecule has 1 atom stereocenters. The van der Waals surface area contributed by atoms with Crippen LogP contribution >= 0.6 is 0 Å². The Morgan fingerprint density at radius 2 is 1.96 bits per heavy atom. The van der Waals surface area contributed by atoms with E-state index in [2.05, 4.69) is 15.0 Å². The van der Waals surface area contributed by atoms with Crippen molar-refractivity contribution < 1.29 is 4.79 Å². The highest BCUT2D eigenvalue weighted by Crippen LogP contribution is 2.29. The topological polar surface area (TPSA) is 77.7 Å². The van der Waals surface area contributed by atoms with Gasteiger partial charge in [0, 0.05) is 37.0 Å². The molecule has 0 saturated carbocycles. The Bertz CT molecular complexity index is 1080. The van der Waals surface area contributed by atoms with Crippen molar-refractivity contribution in [2.45, 2.75) is 18.8 Å². The van der Waals surface area contributed by atoms with Crippen molar-refractivity contribution in [3.8, 4) is 11.4 Å². The Morgan fingerprint density at radius 3 is 2.82 bits per heavy atom. The number of hydrogen-bond acceptors (Lipinski definition) is 3. The van der Waals surface area contributed by atoms with Crippen molar-refractivity contribution in [2.75, 3.05) is 13.1 Å². The van der Waals surface area contributed by atoms with Gasteiger partial charge in [-0.1, -0.05) is 30.3 Å². The van der Waals surface area contributed by atoms with E-state index in [4.69, 9.17) is 4.98 Å². The van der Waals surface area contributed by atoms with E-state index in [0.29, 0.717) is 12.1 Å². The minimum Gasteiger partial charge on any atom is -0.345 e. The van der Waals surface area contributed by atoms with Crippen LogP contribution in [0, 0.1) is 0 Å². The van der Waals surface area contributed by atoms with Crippen molar-refractivity contribution in [2.24, 2.45) is 0 Å². The van der Waals surface area contributed by atoms with Crippen LogP contribution in [0.4, 0.5) is 0 Å². The van der Waals surface area contributed by atoms with E-state index < -0.39 is 0 Å². The first kappa shape index (κ1) is 16.7. The molecule has 2 aromatic carbocycles. The monoisotopic (exact) mass is 371 g/mol. The van der Waals surface area contributed by atoms with E-state index >= 15 is 0 Å². The maximum Gasteiger partial charge on any atom is 0.254 e. The number of carbonyl (C=O) groups is 1. The van der Waals surface area contributed by atoms with Crippen molar-refractivity contribution in [3.05, 3.63) is 72.3 Å². The van der Waals surface area contributed by atoms with E-state index in [1.54, 1.807) is 12.4 Å². The average Bonchev–Trinajstić information content (AvgIpc) is 3.43. The number of carbonyl (C=O) groups excluding carboxylic acids is 1. The number of para-hydroxylation sites is 2. The van der Waals surface area contributed by atoms with Gasteiger partial charge in [0.05, 0.1) is 16.6 Å². The summed E-state index contributed by atoms with van der Waals surface area (Å²) in [5.74, 6) is 1.96. The van der Waals surface area contributed by atoms with E-state index in [0.717, 1.165) is 47.6 Å². The Balaban J connectivity index is 1.42. The fourth-order valence-electron chi connectivity index (χ4n) is 4.01. The molecule has 2 aromatic heterocycles. The second-order valence-corrected chi connectivity index (χ2v) is 7.21. The quantitative estimate of drug-likeness (QED) is 0.572. The molecule has 1 aliphatic rings. The number of H-pyrrole nitrogens is 2. The van der Waals surface area contributed by atoms with E-state index in [-0.39, 0.29) is 11.8 Å². The van der Waals surface area contributed by atoms with Crippen molar-refractivity contribution in [1.29, 1.82) is 0 Å². The molecule has 1 saturated heterocycles. The number of rotatable bonds is 3. The SMILES string of the molecule is O=C(c1ccccc1-c1ncc[nH]1)N1CCC[C@@H](c2nc3ccccc3[nH]2)C1. The van der Waals surface area contributed by atoms with Gasteiger partial charge in [-0.3, -0.25) is 4.79 Å². The number of piperidine rings is 1. The molecule has 0 radical (unpaired) electrons. The van der Waals surface area contributed by atoms with Crippen LogP contribution in [0.3, 0.4) is 0 Å². The zero-order chi connectivity index (χ0) is 18.9. The van der Waals surface area contributed by atoms with Crippen molar-refractivity contribution >= 4 is 16.9 Å². The number of aromatic nitrogens is 4. The summed E-state index contributed by atoms with van der Waals surface area (Å²) in [6.45, 7) is 1.44. The summed E-state index contributed by atoms with van der Waals surface area (Å²) >= 11 is 0. The van der Waals surface area contributed by atoms with E-state index in [1.807, 2.05) is 53.4 Å².